The highest BCUT2D eigenvalue weighted by Gasteiger charge is 2.37. The van der Waals surface area contributed by atoms with Gasteiger partial charge in [0.1, 0.15) is 5.82 Å². The molecule has 0 unspecified atom stereocenters. The number of hydrogen-bond acceptors (Lipinski definition) is 4. The van der Waals surface area contributed by atoms with Gasteiger partial charge in [-0.2, -0.15) is 13.2 Å². The van der Waals surface area contributed by atoms with Crippen LogP contribution in [0.15, 0.2) is 6.20 Å². The molecule has 0 saturated heterocycles. The SMILES string of the molecule is COC(=O)Cc1c(C(F)(F)F)cnc(N)c1C(F)F. The molecular formula is C10H9F5N2O2. The summed E-state index contributed by atoms with van der Waals surface area (Å²) in [5, 5.41) is 0. The van der Waals surface area contributed by atoms with Crippen molar-refractivity contribution < 1.29 is 31.5 Å². The first-order valence-electron chi connectivity index (χ1n) is 4.87. The molecule has 9 heteroatoms. The first-order valence-corrected chi connectivity index (χ1v) is 4.87. The molecule has 2 N–H and O–H groups in total. The van der Waals surface area contributed by atoms with Crippen LogP contribution in [0.1, 0.15) is 23.1 Å². The summed E-state index contributed by atoms with van der Waals surface area (Å²) >= 11 is 0. The number of halogens is 5. The van der Waals surface area contributed by atoms with E-state index >= 15 is 0 Å². The van der Waals surface area contributed by atoms with Gasteiger partial charge in [-0.25, -0.2) is 13.8 Å². The van der Waals surface area contributed by atoms with Gasteiger partial charge in [0.15, 0.2) is 0 Å². The first-order chi connectivity index (χ1) is 8.68. The van der Waals surface area contributed by atoms with Gasteiger partial charge < -0.3 is 10.5 Å². The molecule has 1 aromatic heterocycles. The number of methoxy groups -OCH3 is 1. The summed E-state index contributed by atoms with van der Waals surface area (Å²) in [4.78, 5) is 14.1. The second-order valence-electron chi connectivity index (χ2n) is 3.50. The van der Waals surface area contributed by atoms with E-state index in [2.05, 4.69) is 9.72 Å². The summed E-state index contributed by atoms with van der Waals surface area (Å²) in [5.74, 6) is -1.83. The van der Waals surface area contributed by atoms with Gasteiger partial charge in [0, 0.05) is 6.20 Å². The standard InChI is InChI=1S/C10H9F5N2O2/c1-19-6(18)2-4-5(10(13,14)15)3-17-9(16)7(4)8(11)12/h3,8H,2H2,1H3,(H2,16,17). The van der Waals surface area contributed by atoms with Crippen molar-refractivity contribution in [1.29, 1.82) is 0 Å². The van der Waals surface area contributed by atoms with Crippen LogP contribution in [-0.2, 0) is 22.1 Å². The van der Waals surface area contributed by atoms with Crippen molar-refractivity contribution in [3.05, 3.63) is 22.9 Å². The fourth-order valence-electron chi connectivity index (χ4n) is 1.48. The van der Waals surface area contributed by atoms with E-state index in [1.54, 1.807) is 0 Å². The lowest BCUT2D eigenvalue weighted by atomic mass is 10.00. The van der Waals surface area contributed by atoms with Gasteiger partial charge >= 0.3 is 12.1 Å². The van der Waals surface area contributed by atoms with E-state index in [1.165, 1.54) is 0 Å². The average molecular weight is 284 g/mol. The zero-order chi connectivity index (χ0) is 14.8. The van der Waals surface area contributed by atoms with Gasteiger partial charge in [0.05, 0.1) is 24.7 Å². The number of anilines is 1. The highest BCUT2D eigenvalue weighted by Crippen LogP contribution is 2.38. The summed E-state index contributed by atoms with van der Waals surface area (Å²) < 4.78 is 67.8. The van der Waals surface area contributed by atoms with Crippen LogP contribution in [0.4, 0.5) is 27.8 Å². The topological polar surface area (TPSA) is 65.2 Å². The zero-order valence-corrected chi connectivity index (χ0v) is 9.59. The minimum atomic E-state index is -4.92. The van der Waals surface area contributed by atoms with Crippen LogP contribution in [0.5, 0.6) is 0 Å². The third-order valence-electron chi connectivity index (χ3n) is 2.33. The summed E-state index contributed by atoms with van der Waals surface area (Å²) in [6.07, 6.45) is -8.85. The number of pyridine rings is 1. The average Bonchev–Trinajstić information content (AvgIpc) is 2.26. The number of nitrogens with zero attached hydrogens (tertiary/aromatic N) is 1. The van der Waals surface area contributed by atoms with Crippen LogP contribution in [0, 0.1) is 0 Å². The van der Waals surface area contributed by atoms with Gasteiger partial charge in [-0.05, 0) is 5.56 Å². The predicted molar refractivity (Wildman–Crippen MR) is 54.3 cm³/mol. The number of alkyl halides is 5. The molecule has 0 fully saturated rings. The number of esters is 1. The van der Waals surface area contributed by atoms with Gasteiger partial charge in [0.2, 0.25) is 0 Å². The molecule has 4 nitrogen and oxygen atoms in total. The normalized spacial score (nSPS) is 11.7. The number of carbonyl (C=O) groups excluding carboxylic acids is 1. The summed E-state index contributed by atoms with van der Waals surface area (Å²) in [6.45, 7) is 0. The highest BCUT2D eigenvalue weighted by molar-refractivity contribution is 5.74. The molecule has 1 heterocycles. The third kappa shape index (κ3) is 3.30. The molecule has 1 aromatic rings. The number of aromatic nitrogens is 1. The van der Waals surface area contributed by atoms with Crippen LogP contribution in [-0.4, -0.2) is 18.1 Å². The van der Waals surface area contributed by atoms with Crippen LogP contribution in [0.2, 0.25) is 0 Å². The van der Waals surface area contributed by atoms with Crippen molar-refractivity contribution in [1.82, 2.24) is 4.98 Å². The molecule has 0 aromatic carbocycles. The minimum absolute atomic E-state index is 0.319. The highest BCUT2D eigenvalue weighted by atomic mass is 19.4. The Morgan fingerprint density at radius 1 is 1.47 bits per heavy atom. The Hall–Kier alpha value is -1.93. The van der Waals surface area contributed by atoms with Crippen molar-refractivity contribution in [2.45, 2.75) is 19.0 Å². The van der Waals surface area contributed by atoms with E-state index in [4.69, 9.17) is 5.73 Å². The predicted octanol–water partition coefficient (Wildman–Crippen LogP) is 2.34. The van der Waals surface area contributed by atoms with Crippen molar-refractivity contribution in [3.63, 3.8) is 0 Å². The number of rotatable bonds is 3. The maximum absolute atomic E-state index is 12.8. The molecule has 0 aliphatic carbocycles. The Labute approximate surface area is 104 Å². The van der Waals surface area contributed by atoms with Crippen LogP contribution < -0.4 is 5.73 Å². The van der Waals surface area contributed by atoms with E-state index in [9.17, 15) is 26.7 Å². The van der Waals surface area contributed by atoms with Gasteiger partial charge in [-0.1, -0.05) is 0 Å². The van der Waals surface area contributed by atoms with Gasteiger partial charge in [-0.3, -0.25) is 4.79 Å². The summed E-state index contributed by atoms with van der Waals surface area (Å²) in [7, 11) is 0.933. The maximum atomic E-state index is 12.8. The number of hydrogen-bond donors (Lipinski definition) is 1. The quantitative estimate of drug-likeness (QED) is 0.683. The smallest absolute Gasteiger partial charge is 0.418 e. The van der Waals surface area contributed by atoms with Crippen molar-refractivity contribution in [3.8, 4) is 0 Å². The summed E-state index contributed by atoms with van der Waals surface area (Å²) in [5.41, 5.74) is 1.70. The first kappa shape index (κ1) is 15.1. The number of nitrogen functional groups attached to an aromatic ring is 1. The Morgan fingerprint density at radius 3 is 2.47 bits per heavy atom. The van der Waals surface area contributed by atoms with Crippen molar-refractivity contribution in [2.75, 3.05) is 12.8 Å². The summed E-state index contributed by atoms with van der Waals surface area (Å²) in [6, 6.07) is 0. The Bertz CT molecular complexity index is 488. The number of carbonyl (C=O) groups is 1. The van der Waals surface area contributed by atoms with E-state index in [0.717, 1.165) is 7.11 Å². The lowest BCUT2D eigenvalue weighted by Gasteiger charge is -2.16. The molecule has 0 saturated carbocycles. The van der Waals surface area contributed by atoms with E-state index in [0.29, 0.717) is 6.20 Å². The molecule has 19 heavy (non-hydrogen) atoms. The van der Waals surface area contributed by atoms with Crippen LogP contribution >= 0.6 is 0 Å². The molecular weight excluding hydrogens is 275 g/mol. The molecule has 0 aliphatic heterocycles. The minimum Gasteiger partial charge on any atom is -0.469 e. The van der Waals surface area contributed by atoms with Gasteiger partial charge in [0.25, 0.3) is 6.43 Å². The lowest BCUT2D eigenvalue weighted by Crippen LogP contribution is -2.18. The molecule has 0 spiro atoms. The Kier molecular flexibility index (Phi) is 4.28. The molecule has 1 rings (SSSR count). The fraction of sp³-hybridized carbons (Fsp3) is 0.400. The second kappa shape index (κ2) is 5.37. The Morgan fingerprint density at radius 2 is 2.05 bits per heavy atom. The lowest BCUT2D eigenvalue weighted by molar-refractivity contribution is -0.141. The molecule has 0 amide bonds. The largest absolute Gasteiger partial charge is 0.469 e. The van der Waals surface area contributed by atoms with E-state index < -0.39 is 47.5 Å². The van der Waals surface area contributed by atoms with Crippen molar-refractivity contribution >= 4 is 11.8 Å². The number of nitrogens with two attached hydrogens (primary N) is 1. The second-order valence-corrected chi connectivity index (χ2v) is 3.50. The number of ether oxygens (including phenoxy) is 1. The van der Waals surface area contributed by atoms with Crippen molar-refractivity contribution in [2.24, 2.45) is 0 Å². The molecule has 0 atom stereocenters. The maximum Gasteiger partial charge on any atom is 0.418 e. The Balaban J connectivity index is 3.49. The molecule has 0 aliphatic rings. The molecule has 0 radical (unpaired) electrons. The third-order valence-corrected chi connectivity index (χ3v) is 2.33. The van der Waals surface area contributed by atoms with E-state index in [-0.39, 0.29) is 0 Å². The van der Waals surface area contributed by atoms with Crippen LogP contribution in [0.3, 0.4) is 0 Å². The van der Waals surface area contributed by atoms with Gasteiger partial charge in [-0.15, -0.1) is 0 Å². The molecule has 0 bridgehead atoms. The zero-order valence-electron chi connectivity index (χ0n) is 9.59. The fourth-order valence-corrected chi connectivity index (χ4v) is 1.48. The van der Waals surface area contributed by atoms with E-state index in [1.807, 2.05) is 0 Å². The molecule has 106 valence electrons. The van der Waals surface area contributed by atoms with Crippen LogP contribution in [0.25, 0.3) is 0 Å². The monoisotopic (exact) mass is 284 g/mol.